The van der Waals surface area contributed by atoms with Gasteiger partial charge in [0, 0.05) is 25.0 Å². The number of hydrogen-bond donors (Lipinski definition) is 0. The fourth-order valence-corrected chi connectivity index (χ4v) is 5.58. The van der Waals surface area contributed by atoms with Gasteiger partial charge in [0.1, 0.15) is 24.6 Å². The lowest BCUT2D eigenvalue weighted by atomic mass is 9.67. The van der Waals surface area contributed by atoms with Gasteiger partial charge >= 0.3 is 0 Å². The first-order valence-corrected chi connectivity index (χ1v) is 12.9. The first-order valence-electron chi connectivity index (χ1n) is 12.9. The highest BCUT2D eigenvalue weighted by Gasteiger charge is 2.64. The van der Waals surface area contributed by atoms with Gasteiger partial charge in [-0.3, -0.25) is 4.84 Å². The van der Waals surface area contributed by atoms with Crippen LogP contribution in [0.4, 0.5) is 0 Å². The molecule has 0 aromatic heterocycles. The lowest BCUT2D eigenvalue weighted by Crippen LogP contribution is -2.71. The van der Waals surface area contributed by atoms with Crippen molar-refractivity contribution in [2.75, 3.05) is 40.1 Å². The highest BCUT2D eigenvalue weighted by molar-refractivity contribution is 5.27. The Labute approximate surface area is 204 Å². The van der Waals surface area contributed by atoms with Crippen molar-refractivity contribution in [3.63, 3.8) is 0 Å². The van der Waals surface area contributed by atoms with Crippen LogP contribution in [-0.2, 0) is 30.2 Å². The van der Waals surface area contributed by atoms with E-state index in [1.807, 2.05) is 12.1 Å². The minimum Gasteiger partial charge on any atom is -0.491 e. The van der Waals surface area contributed by atoms with Crippen LogP contribution in [0.15, 0.2) is 24.3 Å². The van der Waals surface area contributed by atoms with E-state index >= 15 is 0 Å². The second-order valence-electron chi connectivity index (χ2n) is 10.6. The highest BCUT2D eigenvalue weighted by atomic mass is 16.8. The number of ether oxygens (including phenoxy) is 5. The van der Waals surface area contributed by atoms with Crippen molar-refractivity contribution in [3.8, 4) is 5.75 Å². The van der Waals surface area contributed by atoms with E-state index < -0.39 is 5.79 Å². The molecule has 3 aliphatic heterocycles. The standard InChI is InChI=1S/C27H43NO6/c1-7-25(4)19-27(32-18-24(34-27)15-29-6)20(3)26(5,8-2)28(25)33-14-13-21-9-11-22(12-10-21)30-16-23-17-31-23/h9-12,20,23-24H,7-8,13-19H2,1-6H3. The summed E-state index contributed by atoms with van der Waals surface area (Å²) in [5.74, 6) is 0.411. The molecule has 0 amide bonds. The van der Waals surface area contributed by atoms with Crippen LogP contribution in [0, 0.1) is 5.92 Å². The van der Waals surface area contributed by atoms with E-state index in [-0.39, 0.29) is 29.2 Å². The first-order chi connectivity index (χ1) is 16.3. The normalized spacial score (nSPS) is 37.9. The maximum Gasteiger partial charge on any atom is 0.175 e. The molecule has 3 fully saturated rings. The molecule has 7 heteroatoms. The summed E-state index contributed by atoms with van der Waals surface area (Å²) in [4.78, 5) is 6.61. The van der Waals surface area contributed by atoms with E-state index in [2.05, 4.69) is 51.8 Å². The van der Waals surface area contributed by atoms with Crippen molar-refractivity contribution in [1.82, 2.24) is 5.06 Å². The van der Waals surface area contributed by atoms with Gasteiger partial charge in [0.15, 0.2) is 5.79 Å². The van der Waals surface area contributed by atoms with Crippen LogP contribution in [0.25, 0.3) is 0 Å². The minimum absolute atomic E-state index is 0.0223. The monoisotopic (exact) mass is 477 g/mol. The van der Waals surface area contributed by atoms with Gasteiger partial charge in [0.2, 0.25) is 0 Å². The predicted octanol–water partition coefficient (Wildman–Crippen LogP) is 4.38. The van der Waals surface area contributed by atoms with E-state index in [0.29, 0.717) is 26.4 Å². The van der Waals surface area contributed by atoms with Crippen molar-refractivity contribution in [3.05, 3.63) is 29.8 Å². The number of benzene rings is 1. The van der Waals surface area contributed by atoms with Crippen LogP contribution >= 0.6 is 0 Å². The molecule has 4 rings (SSSR count). The van der Waals surface area contributed by atoms with Crippen LogP contribution in [0.3, 0.4) is 0 Å². The first kappa shape index (κ1) is 25.9. The van der Waals surface area contributed by atoms with Crippen molar-refractivity contribution in [2.45, 2.75) is 89.4 Å². The van der Waals surface area contributed by atoms with Crippen molar-refractivity contribution in [2.24, 2.45) is 5.92 Å². The van der Waals surface area contributed by atoms with E-state index in [1.165, 1.54) is 5.56 Å². The fraction of sp³-hybridized carbons (Fsp3) is 0.778. The summed E-state index contributed by atoms with van der Waals surface area (Å²) in [6.45, 7) is 14.5. The second-order valence-corrected chi connectivity index (χ2v) is 10.6. The van der Waals surface area contributed by atoms with Gasteiger partial charge in [0.25, 0.3) is 0 Å². The highest BCUT2D eigenvalue weighted by Crippen LogP contribution is 2.54. The number of methoxy groups -OCH3 is 1. The number of hydroxylamine groups is 2. The Hall–Kier alpha value is -1.22. The zero-order valence-corrected chi connectivity index (χ0v) is 21.8. The molecule has 1 spiro atoms. The van der Waals surface area contributed by atoms with Crippen molar-refractivity contribution < 1.29 is 28.5 Å². The molecule has 0 N–H and O–H groups in total. The third-order valence-corrected chi connectivity index (χ3v) is 8.26. The molecule has 3 heterocycles. The topological polar surface area (TPSA) is 61.9 Å². The Morgan fingerprint density at radius 3 is 2.38 bits per heavy atom. The van der Waals surface area contributed by atoms with Gasteiger partial charge < -0.3 is 23.7 Å². The van der Waals surface area contributed by atoms with Crippen LogP contribution < -0.4 is 4.74 Å². The van der Waals surface area contributed by atoms with Gasteiger partial charge in [-0.25, -0.2) is 0 Å². The number of rotatable bonds is 11. The molecule has 3 saturated heterocycles. The molecule has 34 heavy (non-hydrogen) atoms. The second kappa shape index (κ2) is 10.4. The predicted molar refractivity (Wildman–Crippen MR) is 130 cm³/mol. The fourth-order valence-electron chi connectivity index (χ4n) is 5.58. The number of hydrogen-bond acceptors (Lipinski definition) is 7. The summed E-state index contributed by atoms with van der Waals surface area (Å²) in [5, 5.41) is 2.28. The smallest absolute Gasteiger partial charge is 0.175 e. The molecular weight excluding hydrogens is 434 g/mol. The number of piperidine rings is 1. The lowest BCUT2D eigenvalue weighted by molar-refractivity contribution is -0.368. The third-order valence-electron chi connectivity index (χ3n) is 8.26. The Morgan fingerprint density at radius 1 is 1.03 bits per heavy atom. The SMILES string of the molecule is CCC1(C)CC2(OCC(COC)O2)C(C)C(C)(CC)N1OCCc1ccc(OCC2CO2)cc1. The minimum atomic E-state index is -0.611. The molecule has 0 aliphatic carbocycles. The van der Waals surface area contributed by atoms with Crippen molar-refractivity contribution in [1.29, 1.82) is 0 Å². The van der Waals surface area contributed by atoms with Gasteiger partial charge in [-0.05, 0) is 50.8 Å². The average Bonchev–Trinajstić information content (AvgIpc) is 3.59. The Bertz CT molecular complexity index is 801. The Morgan fingerprint density at radius 2 is 1.76 bits per heavy atom. The molecule has 0 radical (unpaired) electrons. The summed E-state index contributed by atoms with van der Waals surface area (Å²) in [6.07, 6.45) is 3.73. The van der Waals surface area contributed by atoms with Gasteiger partial charge in [0.05, 0.1) is 32.0 Å². The maximum atomic E-state index is 6.61. The molecular formula is C27H43NO6. The molecule has 0 saturated carbocycles. The third kappa shape index (κ3) is 5.15. The zero-order chi connectivity index (χ0) is 24.4. The summed E-state index contributed by atoms with van der Waals surface area (Å²) in [5.41, 5.74) is 0.799. The molecule has 192 valence electrons. The molecule has 1 aromatic rings. The van der Waals surface area contributed by atoms with Crippen LogP contribution in [0.5, 0.6) is 5.75 Å². The van der Waals surface area contributed by atoms with E-state index in [4.69, 9.17) is 28.5 Å². The van der Waals surface area contributed by atoms with E-state index in [1.54, 1.807) is 7.11 Å². The van der Waals surface area contributed by atoms with E-state index in [9.17, 15) is 0 Å². The summed E-state index contributed by atoms with van der Waals surface area (Å²) < 4.78 is 29.3. The summed E-state index contributed by atoms with van der Waals surface area (Å²) in [6, 6.07) is 8.30. The molecule has 6 atom stereocenters. The zero-order valence-electron chi connectivity index (χ0n) is 21.8. The Kier molecular flexibility index (Phi) is 7.92. The van der Waals surface area contributed by atoms with Crippen LogP contribution in [-0.4, -0.2) is 74.3 Å². The summed E-state index contributed by atoms with van der Waals surface area (Å²) >= 11 is 0. The molecule has 3 aliphatic rings. The molecule has 6 unspecified atom stereocenters. The quantitative estimate of drug-likeness (QED) is 0.439. The molecule has 7 nitrogen and oxygen atoms in total. The van der Waals surface area contributed by atoms with Crippen LogP contribution in [0.2, 0.25) is 0 Å². The molecule has 1 aromatic carbocycles. The van der Waals surface area contributed by atoms with Crippen LogP contribution in [0.1, 0.15) is 59.4 Å². The summed E-state index contributed by atoms with van der Waals surface area (Å²) in [7, 11) is 1.71. The Balaban J connectivity index is 1.42. The maximum absolute atomic E-state index is 6.61. The number of epoxide rings is 1. The lowest BCUT2D eigenvalue weighted by Gasteiger charge is -2.61. The largest absolute Gasteiger partial charge is 0.491 e. The number of nitrogens with zero attached hydrogens (tertiary/aromatic N) is 1. The van der Waals surface area contributed by atoms with Gasteiger partial charge in [-0.15, -0.1) is 0 Å². The molecule has 0 bridgehead atoms. The van der Waals surface area contributed by atoms with Gasteiger partial charge in [-0.1, -0.05) is 32.9 Å². The average molecular weight is 478 g/mol. The van der Waals surface area contributed by atoms with Crippen molar-refractivity contribution >= 4 is 0 Å². The van der Waals surface area contributed by atoms with E-state index in [0.717, 1.165) is 38.0 Å². The van der Waals surface area contributed by atoms with Gasteiger partial charge in [-0.2, -0.15) is 5.06 Å².